The van der Waals surface area contributed by atoms with Crippen LogP contribution in [0.2, 0.25) is 0 Å². The van der Waals surface area contributed by atoms with Crippen LogP contribution in [0.1, 0.15) is 37.8 Å². The van der Waals surface area contributed by atoms with Gasteiger partial charge in [0.15, 0.2) is 0 Å². The fourth-order valence-electron chi connectivity index (χ4n) is 3.21. The van der Waals surface area contributed by atoms with Crippen molar-refractivity contribution in [2.45, 2.75) is 39.7 Å². The molecule has 4 rings (SSSR count). The molecule has 0 aromatic carbocycles. The van der Waals surface area contributed by atoms with Gasteiger partial charge in [0.2, 0.25) is 0 Å². The number of nitrogens with one attached hydrogen (secondary N) is 1. The summed E-state index contributed by atoms with van der Waals surface area (Å²) in [4.78, 5) is 21.8. The van der Waals surface area contributed by atoms with Crippen LogP contribution in [-0.4, -0.2) is 49.8 Å². The normalized spacial score (nSPS) is 15.0. The zero-order chi connectivity index (χ0) is 19.9. The lowest BCUT2D eigenvalue weighted by atomic mass is 9.99. The highest BCUT2D eigenvalue weighted by molar-refractivity contribution is 7.14. The van der Waals surface area contributed by atoms with Crippen molar-refractivity contribution in [2.75, 3.05) is 13.1 Å². The van der Waals surface area contributed by atoms with E-state index in [9.17, 15) is 4.79 Å². The summed E-state index contributed by atoms with van der Waals surface area (Å²) < 4.78 is 5.47. The van der Waals surface area contributed by atoms with Crippen molar-refractivity contribution in [2.24, 2.45) is 0 Å². The van der Waals surface area contributed by atoms with Crippen LogP contribution in [-0.2, 0) is 4.74 Å². The monoisotopic (exact) mass is 397 g/mol. The molecule has 8 heteroatoms. The zero-order valence-corrected chi connectivity index (χ0v) is 17.3. The first-order chi connectivity index (χ1) is 13.3. The van der Waals surface area contributed by atoms with E-state index in [4.69, 9.17) is 4.74 Å². The maximum atomic E-state index is 12.3. The molecule has 146 valence electrons. The van der Waals surface area contributed by atoms with Crippen LogP contribution in [0.4, 0.5) is 4.79 Å². The van der Waals surface area contributed by atoms with Gasteiger partial charge in [-0.3, -0.25) is 0 Å². The molecule has 1 N–H and O–H groups in total. The summed E-state index contributed by atoms with van der Waals surface area (Å²) in [5.41, 5.74) is 3.65. The fourth-order valence-corrected chi connectivity index (χ4v) is 3.88. The Morgan fingerprint density at radius 1 is 1.32 bits per heavy atom. The predicted molar refractivity (Wildman–Crippen MR) is 110 cm³/mol. The Bertz CT molecular complexity index is 1060. The first kappa shape index (κ1) is 18.6. The lowest BCUT2D eigenvalue weighted by Gasteiger charge is -2.29. The topological polar surface area (TPSA) is 84.0 Å². The third kappa shape index (κ3) is 3.77. The van der Waals surface area contributed by atoms with E-state index in [0.717, 1.165) is 38.6 Å². The Balaban J connectivity index is 1.59. The van der Waals surface area contributed by atoms with E-state index in [0.29, 0.717) is 13.1 Å². The van der Waals surface area contributed by atoms with Gasteiger partial charge in [0, 0.05) is 42.0 Å². The Morgan fingerprint density at radius 2 is 2.14 bits per heavy atom. The number of rotatable bonds is 2. The van der Waals surface area contributed by atoms with E-state index < -0.39 is 5.60 Å². The number of hydrogen-bond donors (Lipinski definition) is 1. The molecule has 28 heavy (non-hydrogen) atoms. The average Bonchev–Trinajstić information content (AvgIpc) is 3.26. The molecule has 0 aliphatic carbocycles. The van der Waals surface area contributed by atoms with Crippen molar-refractivity contribution in [3.8, 4) is 10.6 Å². The van der Waals surface area contributed by atoms with Gasteiger partial charge in [0.05, 0.1) is 0 Å². The van der Waals surface area contributed by atoms with Gasteiger partial charge in [-0.25, -0.2) is 9.78 Å². The molecule has 4 heterocycles. The van der Waals surface area contributed by atoms with Crippen molar-refractivity contribution < 1.29 is 9.53 Å². The van der Waals surface area contributed by atoms with Crippen molar-refractivity contribution in [3.05, 3.63) is 35.1 Å². The third-order valence-electron chi connectivity index (χ3n) is 4.51. The lowest BCUT2D eigenvalue weighted by Crippen LogP contribution is -2.39. The summed E-state index contributed by atoms with van der Waals surface area (Å²) in [6.45, 7) is 8.76. The lowest BCUT2D eigenvalue weighted by molar-refractivity contribution is 0.0270. The summed E-state index contributed by atoms with van der Waals surface area (Å²) in [5, 5.41) is 11.2. The molecule has 0 fully saturated rings. The number of aromatic amines is 1. The van der Waals surface area contributed by atoms with Gasteiger partial charge < -0.3 is 14.6 Å². The highest BCUT2D eigenvalue weighted by Gasteiger charge is 2.24. The second-order valence-corrected chi connectivity index (χ2v) is 9.04. The minimum absolute atomic E-state index is 0.266. The van der Waals surface area contributed by atoms with Gasteiger partial charge in [0.25, 0.3) is 0 Å². The number of ether oxygens (including phenoxy) is 1. The van der Waals surface area contributed by atoms with Crippen LogP contribution in [0.3, 0.4) is 0 Å². The summed E-state index contributed by atoms with van der Waals surface area (Å²) in [5.74, 6) is 0. The summed E-state index contributed by atoms with van der Waals surface area (Å²) in [7, 11) is 0. The molecule has 3 aromatic heterocycles. The number of aromatic nitrogens is 4. The first-order valence-electron chi connectivity index (χ1n) is 9.25. The number of aryl methyl sites for hydroxylation is 1. The van der Waals surface area contributed by atoms with E-state index in [1.807, 2.05) is 40.1 Å². The Labute approximate surface area is 167 Å². The van der Waals surface area contributed by atoms with Gasteiger partial charge in [-0.2, -0.15) is 0 Å². The van der Waals surface area contributed by atoms with Gasteiger partial charge in [-0.15, -0.1) is 10.2 Å². The van der Waals surface area contributed by atoms with Crippen molar-refractivity contribution in [3.63, 3.8) is 0 Å². The van der Waals surface area contributed by atoms with Crippen molar-refractivity contribution >= 4 is 34.0 Å². The first-order valence-corrected chi connectivity index (χ1v) is 10.1. The minimum atomic E-state index is -0.483. The number of amides is 1. The fraction of sp³-hybridized carbons (Fsp3) is 0.400. The molecule has 0 unspecified atom stereocenters. The van der Waals surface area contributed by atoms with E-state index in [2.05, 4.69) is 32.3 Å². The van der Waals surface area contributed by atoms with Gasteiger partial charge >= 0.3 is 6.09 Å². The average molecular weight is 398 g/mol. The van der Waals surface area contributed by atoms with Crippen molar-refractivity contribution in [1.82, 2.24) is 25.1 Å². The minimum Gasteiger partial charge on any atom is -0.444 e. The second-order valence-electron chi connectivity index (χ2n) is 7.85. The van der Waals surface area contributed by atoms with Crippen LogP contribution in [0.5, 0.6) is 0 Å². The number of pyridine rings is 1. The quantitative estimate of drug-likeness (QED) is 0.692. The van der Waals surface area contributed by atoms with Crippen molar-refractivity contribution in [1.29, 1.82) is 0 Å². The molecule has 0 radical (unpaired) electrons. The Hall–Kier alpha value is -2.74. The molecule has 0 bridgehead atoms. The molecular weight excluding hydrogens is 374 g/mol. The smallest absolute Gasteiger partial charge is 0.410 e. The van der Waals surface area contributed by atoms with E-state index in [-0.39, 0.29) is 6.09 Å². The predicted octanol–water partition coefficient (Wildman–Crippen LogP) is 4.41. The number of H-pyrrole nitrogens is 1. The van der Waals surface area contributed by atoms with Gasteiger partial charge in [-0.1, -0.05) is 17.4 Å². The molecule has 1 amide bonds. The number of carbonyl (C=O) groups is 1. The van der Waals surface area contributed by atoms with Crippen LogP contribution in [0, 0.1) is 6.92 Å². The van der Waals surface area contributed by atoms with Crippen LogP contribution < -0.4 is 0 Å². The molecule has 7 nitrogen and oxygen atoms in total. The molecule has 1 aliphatic rings. The summed E-state index contributed by atoms with van der Waals surface area (Å²) >= 11 is 1.56. The standard InChI is InChI=1S/C20H23N5O2S/c1-12-23-24-18(28-12)14-9-15-16(11-22-17(15)21-10-14)13-5-7-25(8-6-13)19(26)27-20(2,3)4/h5,9-11H,6-8H2,1-4H3,(H,21,22). The van der Waals surface area contributed by atoms with Crippen LogP contribution in [0.15, 0.2) is 24.5 Å². The maximum Gasteiger partial charge on any atom is 0.410 e. The van der Waals surface area contributed by atoms with Gasteiger partial charge in [0.1, 0.15) is 21.3 Å². The van der Waals surface area contributed by atoms with E-state index in [1.54, 1.807) is 16.2 Å². The summed E-state index contributed by atoms with van der Waals surface area (Å²) in [6, 6.07) is 2.11. The SMILES string of the molecule is Cc1nnc(-c2cnc3[nH]cc(C4=CCN(C(=O)OC(C)(C)C)CC4)c3c2)s1. The van der Waals surface area contributed by atoms with E-state index >= 15 is 0 Å². The van der Waals surface area contributed by atoms with E-state index in [1.165, 1.54) is 5.57 Å². The second kappa shape index (κ2) is 7.01. The molecule has 0 saturated heterocycles. The highest BCUT2D eigenvalue weighted by atomic mass is 32.1. The molecule has 0 atom stereocenters. The third-order valence-corrected chi connectivity index (χ3v) is 5.40. The Kier molecular flexibility index (Phi) is 4.66. The number of nitrogens with zero attached hydrogens (tertiary/aromatic N) is 4. The van der Waals surface area contributed by atoms with Crippen LogP contribution in [0.25, 0.3) is 27.2 Å². The molecule has 0 saturated carbocycles. The van der Waals surface area contributed by atoms with Crippen LogP contribution >= 0.6 is 11.3 Å². The molecule has 0 spiro atoms. The molecular formula is C20H23N5O2S. The molecule has 3 aromatic rings. The highest BCUT2D eigenvalue weighted by Crippen LogP contribution is 2.32. The zero-order valence-electron chi connectivity index (χ0n) is 16.4. The summed E-state index contributed by atoms with van der Waals surface area (Å²) in [6.07, 6.45) is 6.41. The number of hydrogen-bond acceptors (Lipinski definition) is 6. The number of fused-ring (bicyclic) bond motifs is 1. The maximum absolute atomic E-state index is 12.3. The molecule has 1 aliphatic heterocycles. The number of carbonyl (C=O) groups excluding carboxylic acids is 1. The van der Waals surface area contributed by atoms with Gasteiger partial charge in [-0.05, 0) is 45.8 Å². The Morgan fingerprint density at radius 3 is 2.79 bits per heavy atom. The largest absolute Gasteiger partial charge is 0.444 e.